The van der Waals surface area contributed by atoms with Crippen molar-refractivity contribution >= 4 is 5.82 Å². The fraction of sp³-hybridized carbons (Fsp3) is 0.0909. The summed E-state index contributed by atoms with van der Waals surface area (Å²) >= 11 is 0. The van der Waals surface area contributed by atoms with Gasteiger partial charge in [-0.05, 0) is 18.2 Å². The molecule has 0 spiro atoms. The monoisotopic (exact) mass is 201 g/mol. The Hall–Kier alpha value is -2.10. The van der Waals surface area contributed by atoms with Crippen molar-refractivity contribution in [1.82, 2.24) is 9.55 Å². The number of nitrogens with zero attached hydrogens (tertiary/aromatic N) is 2. The van der Waals surface area contributed by atoms with Crippen molar-refractivity contribution < 1.29 is 0 Å². The summed E-state index contributed by atoms with van der Waals surface area (Å²) in [7, 11) is 1.80. The molecule has 2 aromatic rings. The molecule has 1 N–H and O–H groups in total. The Balaban J connectivity index is 2.46. The zero-order valence-corrected chi connectivity index (χ0v) is 8.34. The van der Waals surface area contributed by atoms with E-state index in [-0.39, 0.29) is 5.56 Å². The van der Waals surface area contributed by atoms with Crippen molar-refractivity contribution in [3.05, 3.63) is 53.1 Å². The highest BCUT2D eigenvalue weighted by Gasteiger charge is 1.98. The summed E-state index contributed by atoms with van der Waals surface area (Å²) < 4.78 is 1.55. The number of pyridine rings is 2. The summed E-state index contributed by atoms with van der Waals surface area (Å²) in [6.07, 6.45) is 3.38. The lowest BCUT2D eigenvalue weighted by Gasteiger charge is -2.05. The van der Waals surface area contributed by atoms with Crippen LogP contribution in [-0.4, -0.2) is 16.6 Å². The molecular weight excluding hydrogens is 190 g/mol. The minimum atomic E-state index is -0.0588. The Bertz CT molecular complexity index is 502. The predicted octanol–water partition coefficient (Wildman–Crippen LogP) is 1.27. The van der Waals surface area contributed by atoms with E-state index in [1.807, 2.05) is 18.2 Å². The van der Waals surface area contributed by atoms with Crippen LogP contribution in [0.3, 0.4) is 0 Å². The highest BCUT2D eigenvalue weighted by atomic mass is 16.1. The Labute approximate surface area is 87.2 Å². The Morgan fingerprint density at radius 1 is 1.27 bits per heavy atom. The first kappa shape index (κ1) is 9.45. The molecular formula is C11H11N3O. The molecule has 0 amide bonds. The van der Waals surface area contributed by atoms with Crippen LogP contribution in [0.5, 0.6) is 0 Å². The van der Waals surface area contributed by atoms with E-state index in [2.05, 4.69) is 10.3 Å². The van der Waals surface area contributed by atoms with Gasteiger partial charge in [0.2, 0.25) is 0 Å². The van der Waals surface area contributed by atoms with Crippen LogP contribution < -0.4 is 10.9 Å². The first-order valence-corrected chi connectivity index (χ1v) is 4.63. The molecule has 4 heteroatoms. The maximum atomic E-state index is 11.5. The Morgan fingerprint density at radius 3 is 2.73 bits per heavy atom. The SMILES string of the molecule is CNc1ccc(-n2ccccc2=O)cn1. The van der Waals surface area contributed by atoms with Gasteiger partial charge in [-0.3, -0.25) is 9.36 Å². The van der Waals surface area contributed by atoms with Crippen molar-refractivity contribution in [3.8, 4) is 5.69 Å². The quantitative estimate of drug-likeness (QED) is 0.796. The number of aromatic nitrogens is 2. The van der Waals surface area contributed by atoms with Gasteiger partial charge in [-0.25, -0.2) is 4.98 Å². The lowest BCUT2D eigenvalue weighted by molar-refractivity contribution is 0.979. The molecule has 4 nitrogen and oxygen atoms in total. The molecule has 2 aromatic heterocycles. The number of hydrogen-bond acceptors (Lipinski definition) is 3. The van der Waals surface area contributed by atoms with Crippen molar-refractivity contribution in [2.45, 2.75) is 0 Å². The summed E-state index contributed by atoms with van der Waals surface area (Å²) in [6, 6.07) is 8.72. The van der Waals surface area contributed by atoms with Crippen LogP contribution in [0.1, 0.15) is 0 Å². The van der Waals surface area contributed by atoms with Crippen LogP contribution in [0.15, 0.2) is 47.5 Å². The molecule has 0 aromatic carbocycles. The van der Waals surface area contributed by atoms with Crippen LogP contribution >= 0.6 is 0 Å². The standard InChI is InChI=1S/C11H11N3O/c1-12-10-6-5-9(8-13-10)14-7-3-2-4-11(14)15/h2-8H,1H3,(H,12,13). The van der Waals surface area contributed by atoms with Gasteiger partial charge in [0.05, 0.1) is 11.9 Å². The number of nitrogens with one attached hydrogen (secondary N) is 1. The Kier molecular flexibility index (Phi) is 2.49. The largest absolute Gasteiger partial charge is 0.373 e. The Morgan fingerprint density at radius 2 is 2.13 bits per heavy atom. The summed E-state index contributed by atoms with van der Waals surface area (Å²) in [5, 5.41) is 2.92. The molecule has 0 saturated carbocycles. The fourth-order valence-electron chi connectivity index (χ4n) is 1.32. The molecule has 0 bridgehead atoms. The van der Waals surface area contributed by atoms with Gasteiger partial charge in [0.1, 0.15) is 5.82 Å². The van der Waals surface area contributed by atoms with E-state index in [1.54, 1.807) is 30.1 Å². The summed E-state index contributed by atoms with van der Waals surface area (Å²) in [5.74, 6) is 0.780. The minimum absolute atomic E-state index is 0.0588. The van der Waals surface area contributed by atoms with Crippen LogP contribution in [0.2, 0.25) is 0 Å². The van der Waals surface area contributed by atoms with E-state index < -0.39 is 0 Å². The molecule has 0 unspecified atom stereocenters. The third-order valence-corrected chi connectivity index (χ3v) is 2.10. The van der Waals surface area contributed by atoms with Gasteiger partial charge in [0.15, 0.2) is 0 Å². The zero-order chi connectivity index (χ0) is 10.7. The lowest BCUT2D eigenvalue weighted by atomic mass is 10.3. The topological polar surface area (TPSA) is 46.9 Å². The predicted molar refractivity (Wildman–Crippen MR) is 59.4 cm³/mol. The maximum absolute atomic E-state index is 11.5. The number of hydrogen-bond donors (Lipinski definition) is 1. The van der Waals surface area contributed by atoms with E-state index in [0.717, 1.165) is 11.5 Å². The highest BCUT2D eigenvalue weighted by molar-refractivity contribution is 5.40. The molecule has 0 atom stereocenters. The first-order valence-electron chi connectivity index (χ1n) is 4.63. The molecule has 76 valence electrons. The van der Waals surface area contributed by atoms with E-state index in [1.165, 1.54) is 6.07 Å². The van der Waals surface area contributed by atoms with Crippen LogP contribution in [0.4, 0.5) is 5.82 Å². The average molecular weight is 201 g/mol. The zero-order valence-electron chi connectivity index (χ0n) is 8.34. The van der Waals surface area contributed by atoms with Crippen LogP contribution in [0.25, 0.3) is 5.69 Å². The molecule has 0 radical (unpaired) electrons. The number of anilines is 1. The highest BCUT2D eigenvalue weighted by Crippen LogP contribution is 2.06. The summed E-state index contributed by atoms with van der Waals surface area (Å²) in [5.41, 5.74) is 0.705. The second-order valence-electron chi connectivity index (χ2n) is 3.06. The van der Waals surface area contributed by atoms with Gasteiger partial charge in [-0.15, -0.1) is 0 Å². The second-order valence-corrected chi connectivity index (χ2v) is 3.06. The van der Waals surface area contributed by atoms with E-state index in [0.29, 0.717) is 0 Å². The van der Waals surface area contributed by atoms with E-state index >= 15 is 0 Å². The molecule has 0 aliphatic rings. The summed E-state index contributed by atoms with van der Waals surface area (Å²) in [4.78, 5) is 15.6. The van der Waals surface area contributed by atoms with Crippen LogP contribution in [-0.2, 0) is 0 Å². The molecule has 2 rings (SSSR count). The normalized spacial score (nSPS) is 9.93. The van der Waals surface area contributed by atoms with Gasteiger partial charge in [0, 0.05) is 19.3 Å². The number of rotatable bonds is 2. The van der Waals surface area contributed by atoms with Crippen molar-refractivity contribution in [1.29, 1.82) is 0 Å². The van der Waals surface area contributed by atoms with Crippen LogP contribution in [0, 0.1) is 0 Å². The van der Waals surface area contributed by atoms with E-state index in [9.17, 15) is 4.79 Å². The van der Waals surface area contributed by atoms with Crippen molar-refractivity contribution in [2.75, 3.05) is 12.4 Å². The molecule has 2 heterocycles. The molecule has 0 fully saturated rings. The molecule has 15 heavy (non-hydrogen) atoms. The van der Waals surface area contributed by atoms with E-state index in [4.69, 9.17) is 0 Å². The van der Waals surface area contributed by atoms with Crippen molar-refractivity contribution in [3.63, 3.8) is 0 Å². The van der Waals surface area contributed by atoms with Gasteiger partial charge in [-0.2, -0.15) is 0 Å². The van der Waals surface area contributed by atoms with Gasteiger partial charge in [0.25, 0.3) is 5.56 Å². The molecule has 0 saturated heterocycles. The van der Waals surface area contributed by atoms with Gasteiger partial charge < -0.3 is 5.32 Å². The minimum Gasteiger partial charge on any atom is -0.373 e. The third-order valence-electron chi connectivity index (χ3n) is 2.10. The maximum Gasteiger partial charge on any atom is 0.255 e. The first-order chi connectivity index (χ1) is 7.31. The smallest absolute Gasteiger partial charge is 0.255 e. The van der Waals surface area contributed by atoms with Gasteiger partial charge in [-0.1, -0.05) is 6.07 Å². The fourth-order valence-corrected chi connectivity index (χ4v) is 1.32. The average Bonchev–Trinajstić information content (AvgIpc) is 2.30. The third kappa shape index (κ3) is 1.88. The van der Waals surface area contributed by atoms with Gasteiger partial charge >= 0.3 is 0 Å². The lowest BCUT2D eigenvalue weighted by Crippen LogP contribution is -2.15. The van der Waals surface area contributed by atoms with Crippen molar-refractivity contribution in [2.24, 2.45) is 0 Å². The molecule has 0 aliphatic carbocycles. The second kappa shape index (κ2) is 3.96. The summed E-state index contributed by atoms with van der Waals surface area (Å²) in [6.45, 7) is 0. The molecule has 0 aliphatic heterocycles.